The van der Waals surface area contributed by atoms with Gasteiger partial charge in [-0.15, -0.1) is 0 Å². The van der Waals surface area contributed by atoms with Crippen LogP contribution >= 0.6 is 15.9 Å². The lowest BCUT2D eigenvalue weighted by Crippen LogP contribution is -1.94. The summed E-state index contributed by atoms with van der Waals surface area (Å²) in [5, 5.41) is 5.08. The van der Waals surface area contributed by atoms with Crippen LogP contribution in [-0.4, -0.2) is 4.57 Å². The first kappa shape index (κ1) is 17.5. The zero-order valence-electron chi connectivity index (χ0n) is 16.2. The zero-order chi connectivity index (χ0) is 20.1. The molecule has 0 saturated carbocycles. The smallest absolute Gasteiger partial charge is 0.0604 e. The van der Waals surface area contributed by atoms with Gasteiger partial charge in [0.25, 0.3) is 0 Å². The van der Waals surface area contributed by atoms with Crippen LogP contribution in [0.1, 0.15) is 0 Å². The first-order valence-electron chi connectivity index (χ1n) is 10.1. The van der Waals surface area contributed by atoms with Crippen molar-refractivity contribution in [3.63, 3.8) is 0 Å². The van der Waals surface area contributed by atoms with Crippen LogP contribution in [0.5, 0.6) is 0 Å². The second kappa shape index (κ2) is 6.86. The Balaban J connectivity index is 1.63. The Morgan fingerprint density at radius 3 is 2.07 bits per heavy atom. The number of halogens is 1. The van der Waals surface area contributed by atoms with E-state index in [0.717, 1.165) is 10.2 Å². The third-order valence-corrected chi connectivity index (χ3v) is 6.52. The van der Waals surface area contributed by atoms with Gasteiger partial charge in [-0.25, -0.2) is 0 Å². The van der Waals surface area contributed by atoms with E-state index in [1.54, 1.807) is 0 Å². The molecule has 5 aromatic carbocycles. The first-order valence-corrected chi connectivity index (χ1v) is 10.9. The summed E-state index contributed by atoms with van der Waals surface area (Å²) in [6.45, 7) is 0. The van der Waals surface area contributed by atoms with Gasteiger partial charge in [-0.2, -0.15) is 0 Å². The van der Waals surface area contributed by atoms with Gasteiger partial charge in [0.15, 0.2) is 0 Å². The summed E-state index contributed by atoms with van der Waals surface area (Å²) in [7, 11) is 0. The van der Waals surface area contributed by atoms with Gasteiger partial charge in [0, 0.05) is 15.2 Å². The van der Waals surface area contributed by atoms with Crippen molar-refractivity contribution in [1.82, 2.24) is 4.57 Å². The minimum atomic E-state index is 1.09. The number of rotatable bonds is 2. The Bertz CT molecular complexity index is 1560. The molecule has 0 fully saturated rings. The average Bonchev–Trinajstić information content (AvgIpc) is 3.13. The van der Waals surface area contributed by atoms with E-state index in [1.807, 2.05) is 0 Å². The normalized spacial score (nSPS) is 11.5. The van der Waals surface area contributed by atoms with E-state index in [1.165, 1.54) is 43.7 Å². The van der Waals surface area contributed by atoms with Crippen molar-refractivity contribution in [2.24, 2.45) is 0 Å². The fourth-order valence-electron chi connectivity index (χ4n) is 4.41. The molecule has 6 rings (SSSR count). The third-order valence-electron chi connectivity index (χ3n) is 5.85. The molecule has 0 aliphatic rings. The summed E-state index contributed by atoms with van der Waals surface area (Å²) in [5.41, 5.74) is 6.07. The highest BCUT2D eigenvalue weighted by Crippen LogP contribution is 2.37. The largest absolute Gasteiger partial charge is 0.308 e. The molecule has 0 unspecified atom stereocenters. The van der Waals surface area contributed by atoms with Gasteiger partial charge in [0.2, 0.25) is 0 Å². The standard InChI is InChI=1S/C28H18BrN/c29-25-10-4-6-12-28(25)30-26-11-5-3-9-23(26)24-18-22(15-16-27(24)30)21-14-13-19-7-1-2-8-20(19)17-21/h1-18H. The lowest BCUT2D eigenvalue weighted by molar-refractivity contribution is 1.17. The third kappa shape index (κ3) is 2.68. The van der Waals surface area contributed by atoms with Crippen molar-refractivity contribution in [2.75, 3.05) is 0 Å². The van der Waals surface area contributed by atoms with Crippen LogP contribution in [0.15, 0.2) is 114 Å². The van der Waals surface area contributed by atoms with Crippen molar-refractivity contribution in [1.29, 1.82) is 0 Å². The van der Waals surface area contributed by atoms with E-state index in [2.05, 4.69) is 130 Å². The summed E-state index contributed by atoms with van der Waals surface area (Å²) >= 11 is 3.74. The topological polar surface area (TPSA) is 4.93 Å². The molecule has 1 aromatic heterocycles. The van der Waals surface area contributed by atoms with Gasteiger partial charge < -0.3 is 4.57 Å². The van der Waals surface area contributed by atoms with Gasteiger partial charge in [-0.05, 0) is 74.2 Å². The Morgan fingerprint density at radius 2 is 1.17 bits per heavy atom. The first-order chi connectivity index (χ1) is 14.8. The van der Waals surface area contributed by atoms with Crippen molar-refractivity contribution in [3.8, 4) is 16.8 Å². The molecule has 0 aliphatic carbocycles. The minimum Gasteiger partial charge on any atom is -0.308 e. The van der Waals surface area contributed by atoms with Gasteiger partial charge in [0.1, 0.15) is 0 Å². The maximum absolute atomic E-state index is 3.74. The zero-order valence-corrected chi connectivity index (χ0v) is 17.8. The van der Waals surface area contributed by atoms with Crippen LogP contribution in [-0.2, 0) is 0 Å². The minimum absolute atomic E-state index is 1.09. The molecule has 0 saturated heterocycles. The second-order valence-corrected chi connectivity index (χ2v) is 8.45. The number of fused-ring (bicyclic) bond motifs is 4. The van der Waals surface area contributed by atoms with Gasteiger partial charge in [-0.3, -0.25) is 0 Å². The fourth-order valence-corrected chi connectivity index (χ4v) is 4.88. The second-order valence-electron chi connectivity index (χ2n) is 7.60. The quantitative estimate of drug-likeness (QED) is 0.251. The van der Waals surface area contributed by atoms with Crippen molar-refractivity contribution < 1.29 is 0 Å². The van der Waals surface area contributed by atoms with Crippen molar-refractivity contribution in [3.05, 3.63) is 114 Å². The molecular weight excluding hydrogens is 430 g/mol. The van der Waals surface area contributed by atoms with Crippen LogP contribution in [0.25, 0.3) is 49.4 Å². The van der Waals surface area contributed by atoms with Crippen molar-refractivity contribution >= 4 is 48.5 Å². The Labute approximate surface area is 183 Å². The highest BCUT2D eigenvalue weighted by atomic mass is 79.9. The average molecular weight is 448 g/mol. The summed E-state index contributed by atoms with van der Waals surface area (Å²) in [6.07, 6.45) is 0. The lowest BCUT2D eigenvalue weighted by Gasteiger charge is -2.10. The summed E-state index contributed by atoms with van der Waals surface area (Å²) in [5.74, 6) is 0. The molecule has 1 heterocycles. The number of nitrogens with zero attached hydrogens (tertiary/aromatic N) is 1. The molecule has 30 heavy (non-hydrogen) atoms. The predicted octanol–water partition coefficient (Wildman–Crippen LogP) is 8.37. The SMILES string of the molecule is Brc1ccccc1-n1c2ccccc2c2cc(-c3ccc4ccccc4c3)ccc21. The molecule has 0 amide bonds. The highest BCUT2D eigenvalue weighted by molar-refractivity contribution is 9.10. The summed E-state index contributed by atoms with van der Waals surface area (Å²) in [6, 6.07) is 39.1. The van der Waals surface area contributed by atoms with Crippen LogP contribution in [0.3, 0.4) is 0 Å². The number of para-hydroxylation sites is 2. The summed E-state index contributed by atoms with van der Waals surface area (Å²) < 4.78 is 3.44. The molecule has 0 N–H and O–H groups in total. The van der Waals surface area contributed by atoms with Crippen molar-refractivity contribution in [2.45, 2.75) is 0 Å². The highest BCUT2D eigenvalue weighted by Gasteiger charge is 2.14. The van der Waals surface area contributed by atoms with E-state index >= 15 is 0 Å². The molecule has 1 nitrogen and oxygen atoms in total. The van der Waals surface area contributed by atoms with Crippen LogP contribution < -0.4 is 0 Å². The Kier molecular flexibility index (Phi) is 4.00. The Morgan fingerprint density at radius 1 is 0.500 bits per heavy atom. The van der Waals surface area contributed by atoms with E-state index in [-0.39, 0.29) is 0 Å². The fraction of sp³-hybridized carbons (Fsp3) is 0. The molecular formula is C28H18BrN. The van der Waals surface area contributed by atoms with E-state index in [4.69, 9.17) is 0 Å². The molecule has 6 aromatic rings. The van der Waals surface area contributed by atoms with Gasteiger partial charge in [0.05, 0.1) is 16.7 Å². The summed E-state index contributed by atoms with van der Waals surface area (Å²) in [4.78, 5) is 0. The van der Waals surface area contributed by atoms with E-state index < -0.39 is 0 Å². The predicted molar refractivity (Wildman–Crippen MR) is 131 cm³/mol. The van der Waals surface area contributed by atoms with E-state index in [9.17, 15) is 0 Å². The molecule has 0 aliphatic heterocycles. The van der Waals surface area contributed by atoms with Gasteiger partial charge >= 0.3 is 0 Å². The van der Waals surface area contributed by atoms with Crippen LogP contribution in [0.2, 0.25) is 0 Å². The molecule has 142 valence electrons. The number of hydrogen-bond acceptors (Lipinski definition) is 0. The Hall–Kier alpha value is -3.36. The van der Waals surface area contributed by atoms with Crippen LogP contribution in [0, 0.1) is 0 Å². The van der Waals surface area contributed by atoms with E-state index in [0.29, 0.717) is 0 Å². The van der Waals surface area contributed by atoms with Gasteiger partial charge in [-0.1, -0.05) is 72.8 Å². The molecule has 0 atom stereocenters. The number of hydrogen-bond donors (Lipinski definition) is 0. The lowest BCUT2D eigenvalue weighted by atomic mass is 9.99. The molecule has 2 heteroatoms. The van der Waals surface area contributed by atoms with Crippen LogP contribution in [0.4, 0.5) is 0 Å². The molecule has 0 radical (unpaired) electrons. The monoisotopic (exact) mass is 447 g/mol. The molecule has 0 bridgehead atoms. The molecule has 0 spiro atoms. The maximum atomic E-state index is 3.74. The number of benzene rings is 5. The maximum Gasteiger partial charge on any atom is 0.0604 e. The number of aromatic nitrogens is 1.